The topological polar surface area (TPSA) is 0 Å². The van der Waals surface area contributed by atoms with E-state index in [0.717, 1.165) is 30.4 Å². The summed E-state index contributed by atoms with van der Waals surface area (Å²) in [5.74, 6) is -0.196. The third kappa shape index (κ3) is 5.03. The minimum absolute atomic E-state index is 0.196. The smallest absolute Gasteiger partial charge is 0.123 e. The number of unbranched alkanes of at least 4 members (excludes halogenated alkanes) is 1. The standard InChI is InChI=1S/C20H21F/c1-2-3-4-5-6-7-8-17-9-11-18(12-10-17)19-13-15-20(21)16-14-19/h2-3,6-7,9-16H,4-5,8H2,1H3. The molecule has 1 heteroatoms. The fraction of sp³-hybridized carbons (Fsp3) is 0.200. The van der Waals surface area contributed by atoms with Gasteiger partial charge >= 0.3 is 0 Å². The van der Waals surface area contributed by atoms with Crippen LogP contribution in [0.25, 0.3) is 11.1 Å². The highest BCUT2D eigenvalue weighted by Crippen LogP contribution is 2.20. The van der Waals surface area contributed by atoms with E-state index < -0.39 is 0 Å². The molecule has 0 fully saturated rings. The Morgan fingerprint density at radius 3 is 1.95 bits per heavy atom. The molecule has 0 aliphatic heterocycles. The van der Waals surface area contributed by atoms with E-state index >= 15 is 0 Å². The number of rotatable bonds is 6. The molecule has 0 heterocycles. The van der Waals surface area contributed by atoms with Gasteiger partial charge in [0.1, 0.15) is 5.82 Å². The highest BCUT2D eigenvalue weighted by atomic mass is 19.1. The first-order chi connectivity index (χ1) is 10.3. The van der Waals surface area contributed by atoms with Gasteiger partial charge in [-0.25, -0.2) is 4.39 Å². The van der Waals surface area contributed by atoms with Crippen molar-refractivity contribution in [3.63, 3.8) is 0 Å². The first kappa shape index (κ1) is 15.2. The van der Waals surface area contributed by atoms with Crippen molar-refractivity contribution in [2.75, 3.05) is 0 Å². The number of hydrogen-bond donors (Lipinski definition) is 0. The summed E-state index contributed by atoms with van der Waals surface area (Å²) >= 11 is 0. The molecular weight excluding hydrogens is 259 g/mol. The van der Waals surface area contributed by atoms with Gasteiger partial charge in [0.2, 0.25) is 0 Å². The second kappa shape index (κ2) is 8.21. The fourth-order valence-corrected chi connectivity index (χ4v) is 2.17. The Labute approximate surface area is 126 Å². The Kier molecular flexibility index (Phi) is 5.96. The van der Waals surface area contributed by atoms with Gasteiger partial charge in [-0.05, 0) is 55.0 Å². The van der Waals surface area contributed by atoms with Crippen LogP contribution >= 0.6 is 0 Å². The molecule has 0 nitrogen and oxygen atoms in total. The normalized spacial score (nSPS) is 11.5. The summed E-state index contributed by atoms with van der Waals surface area (Å²) in [4.78, 5) is 0. The largest absolute Gasteiger partial charge is 0.207 e. The number of halogens is 1. The van der Waals surface area contributed by atoms with Crippen LogP contribution in [0.5, 0.6) is 0 Å². The third-order valence-electron chi connectivity index (χ3n) is 3.39. The van der Waals surface area contributed by atoms with Crippen molar-refractivity contribution in [3.8, 4) is 11.1 Å². The van der Waals surface area contributed by atoms with Crippen molar-refractivity contribution in [3.05, 3.63) is 84.2 Å². The van der Waals surface area contributed by atoms with Gasteiger partial charge in [0.05, 0.1) is 0 Å². The van der Waals surface area contributed by atoms with Gasteiger partial charge in [0.15, 0.2) is 0 Å². The maximum absolute atomic E-state index is 12.9. The molecule has 0 atom stereocenters. The zero-order chi connectivity index (χ0) is 14.9. The Morgan fingerprint density at radius 1 is 0.762 bits per heavy atom. The van der Waals surface area contributed by atoms with Crippen LogP contribution in [0.1, 0.15) is 25.3 Å². The van der Waals surface area contributed by atoms with Gasteiger partial charge in [0, 0.05) is 0 Å². The molecule has 108 valence electrons. The Balaban J connectivity index is 1.91. The average molecular weight is 280 g/mol. The van der Waals surface area contributed by atoms with Crippen LogP contribution in [-0.2, 0) is 6.42 Å². The van der Waals surface area contributed by atoms with E-state index in [9.17, 15) is 4.39 Å². The summed E-state index contributed by atoms with van der Waals surface area (Å²) in [6, 6.07) is 15.1. The van der Waals surface area contributed by atoms with Crippen LogP contribution in [0.4, 0.5) is 4.39 Å². The van der Waals surface area contributed by atoms with Crippen molar-refractivity contribution in [1.29, 1.82) is 0 Å². The SMILES string of the molecule is CC=CCCC=CCc1ccc(-c2ccc(F)cc2)cc1. The molecule has 0 amide bonds. The monoisotopic (exact) mass is 280 g/mol. The first-order valence-corrected chi connectivity index (χ1v) is 7.40. The van der Waals surface area contributed by atoms with Gasteiger partial charge in [0.25, 0.3) is 0 Å². The zero-order valence-corrected chi connectivity index (χ0v) is 12.4. The highest BCUT2D eigenvalue weighted by molar-refractivity contribution is 5.63. The van der Waals surface area contributed by atoms with Crippen molar-refractivity contribution in [1.82, 2.24) is 0 Å². The Bertz CT molecular complexity index is 589. The molecule has 0 aromatic heterocycles. The molecule has 2 aromatic rings. The molecule has 2 aromatic carbocycles. The Hall–Kier alpha value is -2.15. The zero-order valence-electron chi connectivity index (χ0n) is 12.4. The third-order valence-corrected chi connectivity index (χ3v) is 3.39. The van der Waals surface area contributed by atoms with Crippen LogP contribution in [0.2, 0.25) is 0 Å². The molecule has 0 aliphatic carbocycles. The molecular formula is C20H21F. The van der Waals surface area contributed by atoms with Crippen LogP contribution in [0.3, 0.4) is 0 Å². The summed E-state index contributed by atoms with van der Waals surface area (Å²) < 4.78 is 12.9. The lowest BCUT2D eigenvalue weighted by molar-refractivity contribution is 0.628. The van der Waals surface area contributed by atoms with E-state index in [-0.39, 0.29) is 5.82 Å². The van der Waals surface area contributed by atoms with E-state index in [4.69, 9.17) is 0 Å². The van der Waals surface area contributed by atoms with E-state index in [0.29, 0.717) is 0 Å². The van der Waals surface area contributed by atoms with E-state index in [2.05, 4.69) is 48.6 Å². The molecule has 2 rings (SSSR count). The summed E-state index contributed by atoms with van der Waals surface area (Å²) in [7, 11) is 0. The molecule has 0 bridgehead atoms. The van der Waals surface area contributed by atoms with Gasteiger partial charge in [-0.1, -0.05) is 60.7 Å². The van der Waals surface area contributed by atoms with E-state index in [1.165, 1.54) is 17.7 Å². The lowest BCUT2D eigenvalue weighted by Crippen LogP contribution is -1.83. The quantitative estimate of drug-likeness (QED) is 0.453. The average Bonchev–Trinajstić information content (AvgIpc) is 2.52. The predicted molar refractivity (Wildman–Crippen MR) is 88.7 cm³/mol. The summed E-state index contributed by atoms with van der Waals surface area (Å²) in [6.07, 6.45) is 11.9. The van der Waals surface area contributed by atoms with Gasteiger partial charge in [-0.3, -0.25) is 0 Å². The first-order valence-electron chi connectivity index (χ1n) is 7.40. The van der Waals surface area contributed by atoms with Gasteiger partial charge < -0.3 is 0 Å². The van der Waals surface area contributed by atoms with E-state index in [1.54, 1.807) is 0 Å². The van der Waals surface area contributed by atoms with Crippen LogP contribution in [-0.4, -0.2) is 0 Å². The fourth-order valence-electron chi connectivity index (χ4n) is 2.17. The second-order valence-electron chi connectivity index (χ2n) is 5.03. The highest BCUT2D eigenvalue weighted by Gasteiger charge is 1.98. The molecule has 0 N–H and O–H groups in total. The van der Waals surface area contributed by atoms with Crippen molar-refractivity contribution < 1.29 is 4.39 Å². The summed E-state index contributed by atoms with van der Waals surface area (Å²) in [5.41, 5.74) is 3.46. The summed E-state index contributed by atoms with van der Waals surface area (Å²) in [5, 5.41) is 0. The second-order valence-corrected chi connectivity index (χ2v) is 5.03. The summed E-state index contributed by atoms with van der Waals surface area (Å²) in [6.45, 7) is 2.05. The van der Waals surface area contributed by atoms with Crippen molar-refractivity contribution in [2.45, 2.75) is 26.2 Å². The van der Waals surface area contributed by atoms with Crippen LogP contribution in [0, 0.1) is 5.82 Å². The predicted octanol–water partition coefficient (Wildman–Crippen LogP) is 5.95. The van der Waals surface area contributed by atoms with Gasteiger partial charge in [-0.2, -0.15) is 0 Å². The molecule has 0 unspecified atom stereocenters. The van der Waals surface area contributed by atoms with Crippen LogP contribution < -0.4 is 0 Å². The van der Waals surface area contributed by atoms with E-state index in [1.807, 2.05) is 19.1 Å². The Morgan fingerprint density at radius 2 is 1.33 bits per heavy atom. The maximum atomic E-state index is 12.9. The number of benzene rings is 2. The minimum Gasteiger partial charge on any atom is -0.207 e. The van der Waals surface area contributed by atoms with Crippen molar-refractivity contribution >= 4 is 0 Å². The maximum Gasteiger partial charge on any atom is 0.123 e. The molecule has 21 heavy (non-hydrogen) atoms. The molecule has 0 saturated carbocycles. The molecule has 0 saturated heterocycles. The lowest BCUT2D eigenvalue weighted by atomic mass is 10.0. The molecule has 0 aliphatic rings. The molecule has 0 spiro atoms. The number of allylic oxidation sites excluding steroid dienone is 4. The van der Waals surface area contributed by atoms with Crippen molar-refractivity contribution in [2.24, 2.45) is 0 Å². The van der Waals surface area contributed by atoms with Gasteiger partial charge in [-0.15, -0.1) is 0 Å². The lowest BCUT2D eigenvalue weighted by Gasteiger charge is -2.03. The molecule has 0 radical (unpaired) electrons. The van der Waals surface area contributed by atoms with Crippen LogP contribution in [0.15, 0.2) is 72.8 Å². The number of hydrogen-bond acceptors (Lipinski definition) is 0. The minimum atomic E-state index is -0.196.